The van der Waals surface area contributed by atoms with Crippen molar-refractivity contribution in [1.82, 2.24) is 24.7 Å². The standard InChI is InChI=1S/C11H7BrClN5/c1-18-5-15-17-11(18)10-7(12)2-6-4-14-9(13)3-8(6)16-10/h2-5H,1H3. The average molecular weight is 325 g/mol. The van der Waals surface area contributed by atoms with Gasteiger partial charge in [-0.15, -0.1) is 10.2 Å². The summed E-state index contributed by atoms with van der Waals surface area (Å²) in [6.07, 6.45) is 3.32. The number of halogens is 2. The number of aromatic nitrogens is 5. The minimum Gasteiger partial charge on any atom is -0.315 e. The van der Waals surface area contributed by atoms with Gasteiger partial charge in [-0.3, -0.25) is 0 Å². The molecule has 5 nitrogen and oxygen atoms in total. The largest absolute Gasteiger partial charge is 0.315 e. The Hall–Kier alpha value is -1.53. The fourth-order valence-electron chi connectivity index (χ4n) is 1.67. The molecular weight excluding hydrogens is 318 g/mol. The number of hydrogen-bond acceptors (Lipinski definition) is 4. The van der Waals surface area contributed by atoms with Crippen molar-refractivity contribution in [3.63, 3.8) is 0 Å². The van der Waals surface area contributed by atoms with Gasteiger partial charge in [0, 0.05) is 29.2 Å². The Bertz CT molecular complexity index is 739. The van der Waals surface area contributed by atoms with Gasteiger partial charge in [-0.25, -0.2) is 9.97 Å². The van der Waals surface area contributed by atoms with E-state index in [9.17, 15) is 0 Å². The Kier molecular flexibility index (Phi) is 2.76. The topological polar surface area (TPSA) is 56.5 Å². The normalized spacial score (nSPS) is 11.1. The third kappa shape index (κ3) is 1.87. The fraction of sp³-hybridized carbons (Fsp3) is 0.0909. The smallest absolute Gasteiger partial charge is 0.183 e. The zero-order valence-corrected chi connectivity index (χ0v) is 11.6. The molecule has 0 amide bonds. The van der Waals surface area contributed by atoms with Gasteiger partial charge in [0.1, 0.15) is 17.2 Å². The van der Waals surface area contributed by atoms with Crippen LogP contribution < -0.4 is 0 Å². The van der Waals surface area contributed by atoms with E-state index >= 15 is 0 Å². The van der Waals surface area contributed by atoms with Gasteiger partial charge in [0.25, 0.3) is 0 Å². The van der Waals surface area contributed by atoms with E-state index in [1.54, 1.807) is 18.6 Å². The number of fused-ring (bicyclic) bond motifs is 1. The summed E-state index contributed by atoms with van der Waals surface area (Å²) in [6.45, 7) is 0. The molecule has 0 fully saturated rings. The minimum absolute atomic E-state index is 0.418. The zero-order valence-electron chi connectivity index (χ0n) is 9.30. The molecule has 3 heterocycles. The van der Waals surface area contributed by atoms with Crippen LogP contribution in [0, 0.1) is 0 Å². The van der Waals surface area contributed by atoms with E-state index in [1.165, 1.54) is 0 Å². The first-order valence-corrected chi connectivity index (χ1v) is 6.28. The number of rotatable bonds is 1. The van der Waals surface area contributed by atoms with Crippen LogP contribution in [0.15, 0.2) is 29.1 Å². The van der Waals surface area contributed by atoms with Crippen LogP contribution in [-0.4, -0.2) is 24.7 Å². The van der Waals surface area contributed by atoms with Crippen molar-refractivity contribution in [2.75, 3.05) is 0 Å². The van der Waals surface area contributed by atoms with Crippen molar-refractivity contribution in [1.29, 1.82) is 0 Å². The number of pyridine rings is 2. The molecule has 0 N–H and O–H groups in total. The van der Waals surface area contributed by atoms with E-state index in [4.69, 9.17) is 11.6 Å². The zero-order chi connectivity index (χ0) is 12.7. The van der Waals surface area contributed by atoms with E-state index in [2.05, 4.69) is 36.1 Å². The minimum atomic E-state index is 0.418. The van der Waals surface area contributed by atoms with Gasteiger partial charge in [-0.05, 0) is 22.0 Å². The van der Waals surface area contributed by atoms with E-state index in [0.717, 1.165) is 21.1 Å². The SMILES string of the molecule is Cn1cnnc1-c1nc2cc(Cl)ncc2cc1Br. The summed E-state index contributed by atoms with van der Waals surface area (Å²) in [4.78, 5) is 8.57. The summed E-state index contributed by atoms with van der Waals surface area (Å²) < 4.78 is 2.65. The molecule has 3 aromatic heterocycles. The predicted octanol–water partition coefficient (Wildman–Crippen LogP) is 2.84. The Morgan fingerprint density at radius 1 is 1.33 bits per heavy atom. The van der Waals surface area contributed by atoms with E-state index in [0.29, 0.717) is 11.0 Å². The first kappa shape index (κ1) is 11.6. The second-order valence-corrected chi connectivity index (χ2v) is 5.03. The molecule has 0 unspecified atom stereocenters. The lowest BCUT2D eigenvalue weighted by atomic mass is 10.2. The number of hydrogen-bond donors (Lipinski definition) is 0. The molecule has 90 valence electrons. The summed E-state index contributed by atoms with van der Waals surface area (Å²) in [6, 6.07) is 3.67. The Labute approximate surface area is 116 Å². The third-order valence-corrected chi connectivity index (χ3v) is 3.35. The van der Waals surface area contributed by atoms with E-state index < -0.39 is 0 Å². The molecule has 3 rings (SSSR count). The fourth-order valence-corrected chi connectivity index (χ4v) is 2.34. The van der Waals surface area contributed by atoms with Crippen molar-refractivity contribution in [3.05, 3.63) is 34.3 Å². The van der Waals surface area contributed by atoms with Crippen molar-refractivity contribution in [3.8, 4) is 11.5 Å². The van der Waals surface area contributed by atoms with E-state index in [1.807, 2.05) is 17.7 Å². The molecule has 7 heteroatoms. The Balaban J connectivity index is 2.30. The summed E-state index contributed by atoms with van der Waals surface area (Å²) in [7, 11) is 1.87. The van der Waals surface area contributed by atoms with Crippen molar-refractivity contribution >= 4 is 38.4 Å². The highest BCUT2D eigenvalue weighted by Crippen LogP contribution is 2.28. The molecule has 0 aliphatic heterocycles. The van der Waals surface area contributed by atoms with Gasteiger partial charge >= 0.3 is 0 Å². The molecule has 3 aromatic rings. The number of nitrogens with zero attached hydrogens (tertiary/aromatic N) is 5. The summed E-state index contributed by atoms with van der Waals surface area (Å²) in [5.74, 6) is 0.691. The molecule has 0 bridgehead atoms. The Morgan fingerprint density at radius 2 is 2.17 bits per heavy atom. The monoisotopic (exact) mass is 323 g/mol. The second-order valence-electron chi connectivity index (χ2n) is 3.78. The van der Waals surface area contributed by atoms with Crippen LogP contribution in [0.2, 0.25) is 5.15 Å². The molecule has 0 radical (unpaired) electrons. The van der Waals surface area contributed by atoms with Crippen LogP contribution in [0.25, 0.3) is 22.4 Å². The lowest BCUT2D eigenvalue weighted by Crippen LogP contribution is -1.96. The summed E-state index contributed by atoms with van der Waals surface area (Å²) >= 11 is 9.36. The molecule has 0 saturated heterocycles. The third-order valence-electron chi connectivity index (χ3n) is 2.54. The van der Waals surface area contributed by atoms with Crippen molar-refractivity contribution < 1.29 is 0 Å². The summed E-state index contributed by atoms with van der Waals surface area (Å²) in [5.41, 5.74) is 1.50. The maximum atomic E-state index is 5.87. The van der Waals surface area contributed by atoms with Crippen LogP contribution in [-0.2, 0) is 7.05 Å². The number of aryl methyl sites for hydroxylation is 1. The van der Waals surface area contributed by atoms with Gasteiger partial charge in [0.2, 0.25) is 0 Å². The first-order valence-electron chi connectivity index (χ1n) is 5.11. The van der Waals surface area contributed by atoms with Gasteiger partial charge < -0.3 is 4.57 Å². The first-order chi connectivity index (χ1) is 8.65. The molecule has 0 spiro atoms. The Morgan fingerprint density at radius 3 is 2.89 bits per heavy atom. The van der Waals surface area contributed by atoms with Crippen LogP contribution in [0.4, 0.5) is 0 Å². The highest BCUT2D eigenvalue weighted by atomic mass is 79.9. The van der Waals surface area contributed by atoms with Crippen LogP contribution >= 0.6 is 27.5 Å². The molecule has 18 heavy (non-hydrogen) atoms. The quantitative estimate of drug-likeness (QED) is 0.646. The average Bonchev–Trinajstić information content (AvgIpc) is 2.75. The van der Waals surface area contributed by atoms with Crippen molar-refractivity contribution in [2.45, 2.75) is 0 Å². The van der Waals surface area contributed by atoms with Gasteiger partial charge in [-0.2, -0.15) is 0 Å². The molecule has 0 atom stereocenters. The second kappa shape index (κ2) is 4.29. The molecule has 0 aromatic carbocycles. The van der Waals surface area contributed by atoms with Gasteiger partial charge in [0.05, 0.1) is 5.52 Å². The lowest BCUT2D eigenvalue weighted by Gasteiger charge is -2.05. The van der Waals surface area contributed by atoms with Crippen LogP contribution in [0.3, 0.4) is 0 Å². The maximum Gasteiger partial charge on any atom is 0.183 e. The molecule has 0 aliphatic rings. The maximum absolute atomic E-state index is 5.87. The highest BCUT2D eigenvalue weighted by molar-refractivity contribution is 9.10. The van der Waals surface area contributed by atoms with Crippen LogP contribution in [0.5, 0.6) is 0 Å². The molecule has 0 aliphatic carbocycles. The molecule has 0 saturated carbocycles. The lowest BCUT2D eigenvalue weighted by molar-refractivity contribution is 0.914. The van der Waals surface area contributed by atoms with E-state index in [-0.39, 0.29) is 0 Å². The molecular formula is C11H7BrClN5. The van der Waals surface area contributed by atoms with Crippen molar-refractivity contribution in [2.24, 2.45) is 7.05 Å². The highest BCUT2D eigenvalue weighted by Gasteiger charge is 2.12. The van der Waals surface area contributed by atoms with Gasteiger partial charge in [-0.1, -0.05) is 11.6 Å². The predicted molar refractivity (Wildman–Crippen MR) is 72.2 cm³/mol. The van der Waals surface area contributed by atoms with Gasteiger partial charge in [0.15, 0.2) is 5.82 Å². The summed E-state index contributed by atoms with van der Waals surface area (Å²) in [5, 5.41) is 9.23. The van der Waals surface area contributed by atoms with Crippen LogP contribution in [0.1, 0.15) is 0 Å².